The van der Waals surface area contributed by atoms with E-state index in [0.29, 0.717) is 18.8 Å². The third-order valence-corrected chi connectivity index (χ3v) is 5.14. The van der Waals surface area contributed by atoms with Crippen molar-refractivity contribution in [3.63, 3.8) is 0 Å². The first-order chi connectivity index (χ1) is 15.8. The van der Waals surface area contributed by atoms with Crippen LogP contribution >= 0.6 is 0 Å². The van der Waals surface area contributed by atoms with E-state index in [1.54, 1.807) is 12.1 Å². The molecule has 1 aromatic heterocycles. The average Bonchev–Trinajstić information content (AvgIpc) is 3.19. The van der Waals surface area contributed by atoms with Gasteiger partial charge in [0.1, 0.15) is 23.7 Å². The van der Waals surface area contributed by atoms with Gasteiger partial charge in [0.05, 0.1) is 12.2 Å². The Morgan fingerprint density at radius 3 is 2.39 bits per heavy atom. The standard InChI is InChI=1S/C25H22FN3O4/c1-16-12-17(2)14-21(13-16)33-11-10-28-9-3-4-20(28)15-22-23(30)27-25(32)29(24(22)31)19-7-5-18(26)6-8-19/h3-9,12-15H,10-11H2,1-2H3,(H,27,30,32)/b22-15-. The number of imide groups is 2. The van der Waals surface area contributed by atoms with Crippen LogP contribution in [-0.2, 0) is 16.1 Å². The fourth-order valence-electron chi connectivity index (χ4n) is 3.67. The number of nitrogens with zero attached hydrogens (tertiary/aromatic N) is 2. The quantitative estimate of drug-likeness (QED) is 0.458. The number of hydrogen-bond acceptors (Lipinski definition) is 4. The highest BCUT2D eigenvalue weighted by atomic mass is 19.1. The zero-order valence-electron chi connectivity index (χ0n) is 18.2. The molecule has 33 heavy (non-hydrogen) atoms. The molecule has 7 nitrogen and oxygen atoms in total. The highest BCUT2D eigenvalue weighted by Gasteiger charge is 2.37. The van der Waals surface area contributed by atoms with E-state index in [4.69, 9.17) is 4.74 Å². The largest absolute Gasteiger partial charge is 0.492 e. The lowest BCUT2D eigenvalue weighted by atomic mass is 10.1. The predicted molar refractivity (Wildman–Crippen MR) is 121 cm³/mol. The molecule has 0 unspecified atom stereocenters. The van der Waals surface area contributed by atoms with Crippen LogP contribution in [0.15, 0.2) is 66.4 Å². The van der Waals surface area contributed by atoms with Crippen molar-refractivity contribution in [1.29, 1.82) is 0 Å². The van der Waals surface area contributed by atoms with Crippen LogP contribution in [0.25, 0.3) is 6.08 Å². The summed E-state index contributed by atoms with van der Waals surface area (Å²) in [6.07, 6.45) is 3.24. The molecule has 0 spiro atoms. The topological polar surface area (TPSA) is 80.6 Å². The number of amides is 4. The SMILES string of the molecule is Cc1cc(C)cc(OCCn2cccc2/C=C2/C(=O)NC(=O)N(c3ccc(F)cc3)C2=O)c1. The van der Waals surface area contributed by atoms with Crippen LogP contribution < -0.4 is 15.0 Å². The zero-order valence-corrected chi connectivity index (χ0v) is 18.2. The fraction of sp³-hybridized carbons (Fsp3) is 0.160. The summed E-state index contributed by atoms with van der Waals surface area (Å²) in [7, 11) is 0. The highest BCUT2D eigenvalue weighted by molar-refractivity contribution is 6.39. The second kappa shape index (κ2) is 9.12. The van der Waals surface area contributed by atoms with E-state index in [0.717, 1.165) is 33.9 Å². The Kier molecular flexibility index (Phi) is 6.08. The lowest BCUT2D eigenvalue weighted by molar-refractivity contribution is -0.122. The average molecular weight is 447 g/mol. The maximum atomic E-state index is 13.3. The molecule has 1 saturated heterocycles. The first kappa shape index (κ1) is 22.0. The van der Waals surface area contributed by atoms with Crippen LogP contribution in [0.3, 0.4) is 0 Å². The van der Waals surface area contributed by atoms with Crippen molar-refractivity contribution < 1.29 is 23.5 Å². The van der Waals surface area contributed by atoms with Gasteiger partial charge >= 0.3 is 6.03 Å². The first-order valence-corrected chi connectivity index (χ1v) is 10.3. The van der Waals surface area contributed by atoms with Crippen molar-refractivity contribution in [3.8, 4) is 5.75 Å². The predicted octanol–water partition coefficient (Wildman–Crippen LogP) is 3.99. The Bertz CT molecular complexity index is 1240. The minimum absolute atomic E-state index is 0.162. The number of anilines is 1. The van der Waals surface area contributed by atoms with Crippen LogP contribution in [0, 0.1) is 19.7 Å². The van der Waals surface area contributed by atoms with Gasteiger partial charge in [-0.15, -0.1) is 0 Å². The van der Waals surface area contributed by atoms with Gasteiger partial charge in [-0.2, -0.15) is 0 Å². The minimum atomic E-state index is -0.883. The molecular formula is C25H22FN3O4. The molecule has 3 aromatic rings. The van der Waals surface area contributed by atoms with Crippen molar-refractivity contribution in [2.45, 2.75) is 20.4 Å². The highest BCUT2D eigenvalue weighted by Crippen LogP contribution is 2.22. The van der Waals surface area contributed by atoms with Gasteiger partial charge in [0.2, 0.25) is 0 Å². The van der Waals surface area contributed by atoms with E-state index < -0.39 is 23.7 Å². The third-order valence-electron chi connectivity index (χ3n) is 5.14. The summed E-state index contributed by atoms with van der Waals surface area (Å²) >= 11 is 0. The number of barbiturate groups is 1. The van der Waals surface area contributed by atoms with Crippen molar-refractivity contribution in [1.82, 2.24) is 9.88 Å². The van der Waals surface area contributed by atoms with Gasteiger partial charge in [-0.05, 0) is 79.6 Å². The molecule has 0 aliphatic carbocycles. The van der Waals surface area contributed by atoms with E-state index in [1.165, 1.54) is 18.2 Å². The number of rotatable bonds is 6. The Labute approximate surface area is 190 Å². The number of urea groups is 1. The Balaban J connectivity index is 1.53. The molecule has 1 N–H and O–H groups in total. The number of ether oxygens (including phenoxy) is 1. The molecule has 168 valence electrons. The number of benzene rings is 2. The van der Waals surface area contributed by atoms with Crippen molar-refractivity contribution in [2.75, 3.05) is 11.5 Å². The molecule has 1 aliphatic rings. The van der Waals surface area contributed by atoms with E-state index in [1.807, 2.05) is 36.7 Å². The van der Waals surface area contributed by atoms with Gasteiger partial charge < -0.3 is 9.30 Å². The molecule has 4 rings (SSSR count). The van der Waals surface area contributed by atoms with Gasteiger partial charge in [0.15, 0.2) is 0 Å². The third kappa shape index (κ3) is 4.85. The lowest BCUT2D eigenvalue weighted by Crippen LogP contribution is -2.54. The minimum Gasteiger partial charge on any atom is -0.492 e. The Morgan fingerprint density at radius 1 is 1.00 bits per heavy atom. The zero-order chi connectivity index (χ0) is 23.5. The summed E-state index contributed by atoms with van der Waals surface area (Å²) in [6, 6.07) is 13.5. The number of hydrogen-bond donors (Lipinski definition) is 1. The summed E-state index contributed by atoms with van der Waals surface area (Å²) in [5.74, 6) is -1.30. The normalized spacial score (nSPS) is 15.2. The summed E-state index contributed by atoms with van der Waals surface area (Å²) in [4.78, 5) is 38.5. The van der Waals surface area contributed by atoms with E-state index in [2.05, 4.69) is 11.4 Å². The summed E-state index contributed by atoms with van der Waals surface area (Å²) in [5, 5.41) is 2.16. The number of aromatic nitrogens is 1. The van der Waals surface area contributed by atoms with E-state index in [-0.39, 0.29) is 11.3 Å². The summed E-state index contributed by atoms with van der Waals surface area (Å²) in [6.45, 7) is 4.87. The van der Waals surface area contributed by atoms with Crippen molar-refractivity contribution in [3.05, 3.63) is 89.0 Å². The lowest BCUT2D eigenvalue weighted by Gasteiger charge is -2.26. The van der Waals surface area contributed by atoms with Crippen molar-refractivity contribution in [2.24, 2.45) is 0 Å². The second-order valence-electron chi connectivity index (χ2n) is 7.73. The molecule has 0 radical (unpaired) electrons. The first-order valence-electron chi connectivity index (χ1n) is 10.3. The van der Waals surface area contributed by atoms with Crippen LogP contribution in [0.4, 0.5) is 14.9 Å². The maximum Gasteiger partial charge on any atom is 0.335 e. The van der Waals surface area contributed by atoms with Crippen LogP contribution in [0.5, 0.6) is 5.75 Å². The fourth-order valence-corrected chi connectivity index (χ4v) is 3.67. The monoisotopic (exact) mass is 447 g/mol. The molecule has 1 aliphatic heterocycles. The van der Waals surface area contributed by atoms with Gasteiger partial charge in [-0.3, -0.25) is 14.9 Å². The molecule has 0 bridgehead atoms. The number of carbonyl (C=O) groups is 3. The maximum absolute atomic E-state index is 13.3. The van der Waals surface area contributed by atoms with Crippen LogP contribution in [0.2, 0.25) is 0 Å². The smallest absolute Gasteiger partial charge is 0.335 e. The number of carbonyl (C=O) groups excluding carboxylic acids is 3. The molecular weight excluding hydrogens is 425 g/mol. The molecule has 1 fully saturated rings. The molecule has 2 heterocycles. The van der Waals surface area contributed by atoms with Crippen molar-refractivity contribution >= 4 is 29.6 Å². The molecule has 0 saturated carbocycles. The molecule has 8 heteroatoms. The number of nitrogens with one attached hydrogen (secondary N) is 1. The van der Waals surface area contributed by atoms with Crippen LogP contribution in [-0.4, -0.2) is 29.0 Å². The van der Waals surface area contributed by atoms with Gasteiger partial charge in [-0.1, -0.05) is 6.07 Å². The second-order valence-corrected chi connectivity index (χ2v) is 7.73. The van der Waals surface area contributed by atoms with E-state index in [9.17, 15) is 18.8 Å². The summed E-state index contributed by atoms with van der Waals surface area (Å²) in [5.41, 5.74) is 2.78. The number of halogens is 1. The number of aryl methyl sites for hydroxylation is 2. The Hall–Kier alpha value is -4.20. The van der Waals surface area contributed by atoms with Gasteiger partial charge in [0.25, 0.3) is 11.8 Å². The Morgan fingerprint density at radius 2 is 1.70 bits per heavy atom. The molecule has 0 atom stereocenters. The van der Waals surface area contributed by atoms with Gasteiger partial charge in [0, 0.05) is 11.9 Å². The molecule has 2 aromatic carbocycles. The van der Waals surface area contributed by atoms with Gasteiger partial charge in [-0.25, -0.2) is 14.1 Å². The van der Waals surface area contributed by atoms with E-state index >= 15 is 0 Å². The van der Waals surface area contributed by atoms with Crippen LogP contribution in [0.1, 0.15) is 16.8 Å². The molecule has 4 amide bonds. The summed E-state index contributed by atoms with van der Waals surface area (Å²) < 4.78 is 20.9.